The number of piperidine rings is 1. The first-order valence-electron chi connectivity index (χ1n) is 9.59. The summed E-state index contributed by atoms with van der Waals surface area (Å²) in [7, 11) is 0. The molecule has 2 aromatic heterocycles. The van der Waals surface area contributed by atoms with E-state index in [4.69, 9.17) is 5.11 Å². The van der Waals surface area contributed by atoms with Crippen LogP contribution in [0.4, 0.5) is 10.5 Å². The van der Waals surface area contributed by atoms with E-state index in [0.717, 1.165) is 40.6 Å². The number of pyridine rings is 1. The summed E-state index contributed by atoms with van der Waals surface area (Å²) in [6.07, 6.45) is 4.59. The highest BCUT2D eigenvalue weighted by molar-refractivity contribution is 5.85. The third-order valence-electron chi connectivity index (χ3n) is 5.66. The molecule has 0 aliphatic carbocycles. The van der Waals surface area contributed by atoms with Crippen molar-refractivity contribution in [1.82, 2.24) is 14.5 Å². The normalized spacial score (nSPS) is 15.0. The minimum Gasteiger partial charge on any atom is -0.465 e. The van der Waals surface area contributed by atoms with Gasteiger partial charge < -0.3 is 14.6 Å². The number of likely N-dealkylation sites (tertiary alicyclic amines) is 1. The number of non-ortho nitro benzene ring substituents is 1. The number of benzene rings is 1. The van der Waals surface area contributed by atoms with Crippen LogP contribution in [-0.4, -0.2) is 43.7 Å². The summed E-state index contributed by atoms with van der Waals surface area (Å²) in [4.78, 5) is 27.8. The van der Waals surface area contributed by atoms with E-state index < -0.39 is 6.09 Å². The number of hydrogen-bond acceptors (Lipinski definition) is 4. The lowest BCUT2D eigenvalue weighted by Gasteiger charge is -2.30. The van der Waals surface area contributed by atoms with Crippen molar-refractivity contribution in [2.75, 3.05) is 13.1 Å². The number of carboxylic acid groups (broad SMARTS) is 1. The molecule has 0 radical (unpaired) electrons. The molecule has 8 heteroatoms. The van der Waals surface area contributed by atoms with Gasteiger partial charge in [0.05, 0.1) is 22.7 Å². The highest BCUT2D eigenvalue weighted by Gasteiger charge is 2.23. The Hall–Kier alpha value is -3.42. The molecule has 1 N–H and O–H groups in total. The van der Waals surface area contributed by atoms with Crippen LogP contribution in [0.25, 0.3) is 10.9 Å². The molecule has 1 aliphatic rings. The predicted molar refractivity (Wildman–Crippen MR) is 108 cm³/mol. The number of amides is 1. The molecule has 29 heavy (non-hydrogen) atoms. The maximum atomic E-state index is 11.1. The highest BCUT2D eigenvalue weighted by atomic mass is 16.6. The van der Waals surface area contributed by atoms with Gasteiger partial charge in [0.1, 0.15) is 0 Å². The Morgan fingerprint density at radius 1 is 1.28 bits per heavy atom. The first kappa shape index (κ1) is 18.9. The van der Waals surface area contributed by atoms with E-state index in [2.05, 4.69) is 15.6 Å². The Bertz CT molecular complexity index is 1070. The van der Waals surface area contributed by atoms with Crippen molar-refractivity contribution in [2.45, 2.75) is 32.2 Å². The van der Waals surface area contributed by atoms with Crippen LogP contribution in [0.3, 0.4) is 0 Å². The van der Waals surface area contributed by atoms with Crippen LogP contribution in [0.1, 0.15) is 35.6 Å². The Morgan fingerprint density at radius 2 is 2.03 bits per heavy atom. The molecular weight excluding hydrogens is 372 g/mol. The van der Waals surface area contributed by atoms with Crippen molar-refractivity contribution in [3.05, 3.63) is 69.7 Å². The molecule has 0 atom stereocenters. The first-order valence-corrected chi connectivity index (χ1v) is 9.59. The van der Waals surface area contributed by atoms with Crippen molar-refractivity contribution in [3.8, 4) is 0 Å². The Labute approximate surface area is 167 Å². The number of aromatic nitrogens is 2. The van der Waals surface area contributed by atoms with Crippen molar-refractivity contribution in [3.63, 3.8) is 0 Å². The molecule has 150 valence electrons. The minimum atomic E-state index is -0.850. The number of hydrogen-bond donors (Lipinski definition) is 1. The summed E-state index contributed by atoms with van der Waals surface area (Å²) in [5, 5.41) is 21.0. The molecule has 0 spiro atoms. The third-order valence-corrected chi connectivity index (χ3v) is 5.66. The van der Waals surface area contributed by atoms with Gasteiger partial charge >= 0.3 is 6.09 Å². The van der Waals surface area contributed by atoms with Crippen LogP contribution < -0.4 is 0 Å². The molecule has 1 saturated heterocycles. The Kier molecular flexibility index (Phi) is 4.92. The van der Waals surface area contributed by atoms with Gasteiger partial charge in [0.2, 0.25) is 0 Å². The van der Waals surface area contributed by atoms with Crippen LogP contribution >= 0.6 is 0 Å². The number of rotatable bonds is 4. The van der Waals surface area contributed by atoms with E-state index in [1.54, 1.807) is 12.1 Å². The van der Waals surface area contributed by atoms with Gasteiger partial charge in [-0.2, -0.15) is 0 Å². The lowest BCUT2D eigenvalue weighted by atomic mass is 9.90. The van der Waals surface area contributed by atoms with Crippen LogP contribution in [0, 0.1) is 17.0 Å². The summed E-state index contributed by atoms with van der Waals surface area (Å²) >= 11 is 0. The van der Waals surface area contributed by atoms with E-state index in [-0.39, 0.29) is 10.6 Å². The molecule has 0 bridgehead atoms. The number of aryl methyl sites for hydroxylation is 1. The molecule has 3 aromatic rings. The van der Waals surface area contributed by atoms with Gasteiger partial charge in [0.25, 0.3) is 5.69 Å². The number of carbonyl (C=O) groups is 1. The van der Waals surface area contributed by atoms with Crippen LogP contribution in [0.15, 0.2) is 42.7 Å². The molecule has 8 nitrogen and oxygen atoms in total. The van der Waals surface area contributed by atoms with Crippen LogP contribution in [0.5, 0.6) is 0 Å². The smallest absolute Gasteiger partial charge is 0.407 e. The van der Waals surface area contributed by atoms with E-state index in [9.17, 15) is 14.9 Å². The fraction of sp³-hybridized carbons (Fsp3) is 0.333. The van der Waals surface area contributed by atoms with Crippen LogP contribution in [-0.2, 0) is 6.54 Å². The summed E-state index contributed by atoms with van der Waals surface area (Å²) in [5.74, 6) is 0.336. The number of nitrogens with zero attached hydrogens (tertiary/aromatic N) is 4. The predicted octanol–water partition coefficient (Wildman–Crippen LogP) is 4.16. The molecule has 0 unspecified atom stereocenters. The average Bonchev–Trinajstić information content (AvgIpc) is 3.12. The quantitative estimate of drug-likeness (QED) is 0.529. The Balaban J connectivity index is 1.50. The van der Waals surface area contributed by atoms with E-state index in [1.807, 2.05) is 31.5 Å². The van der Waals surface area contributed by atoms with Gasteiger partial charge in [0.15, 0.2) is 0 Å². The number of fused-ring (bicyclic) bond motifs is 1. The second kappa shape index (κ2) is 7.54. The zero-order valence-corrected chi connectivity index (χ0v) is 16.1. The third kappa shape index (κ3) is 3.78. The van der Waals surface area contributed by atoms with Gasteiger partial charge in [-0.15, -0.1) is 0 Å². The lowest BCUT2D eigenvalue weighted by molar-refractivity contribution is -0.384. The maximum absolute atomic E-state index is 11.1. The van der Waals surface area contributed by atoms with E-state index >= 15 is 0 Å². The fourth-order valence-corrected chi connectivity index (χ4v) is 4.14. The van der Waals surface area contributed by atoms with Crippen molar-refractivity contribution in [1.29, 1.82) is 0 Å². The van der Waals surface area contributed by atoms with Crippen molar-refractivity contribution < 1.29 is 14.8 Å². The minimum absolute atomic E-state index is 0.101. The zero-order valence-electron chi connectivity index (χ0n) is 16.1. The fourth-order valence-electron chi connectivity index (χ4n) is 4.14. The standard InChI is InChI=1S/C21H22N4O4/c1-14-10-19(25(28)29)11-16-6-9-24(20(14)16)13-18-3-2-17(12-22-18)15-4-7-23(8-5-15)21(26)27/h2-3,6,9-12,15H,4-5,7-8,13H2,1H3,(H,26,27). The van der Waals surface area contributed by atoms with Crippen molar-refractivity contribution >= 4 is 22.7 Å². The maximum Gasteiger partial charge on any atom is 0.407 e. The number of nitro groups is 1. The molecule has 1 amide bonds. The van der Waals surface area contributed by atoms with Gasteiger partial charge in [-0.1, -0.05) is 6.07 Å². The van der Waals surface area contributed by atoms with Crippen molar-refractivity contribution in [2.24, 2.45) is 0 Å². The van der Waals surface area contributed by atoms with Gasteiger partial charge in [-0.25, -0.2) is 4.79 Å². The van der Waals surface area contributed by atoms with Gasteiger partial charge in [0, 0.05) is 43.0 Å². The van der Waals surface area contributed by atoms with E-state index in [1.165, 1.54) is 4.90 Å². The summed E-state index contributed by atoms with van der Waals surface area (Å²) in [6, 6.07) is 9.16. The highest BCUT2D eigenvalue weighted by Crippen LogP contribution is 2.29. The monoisotopic (exact) mass is 394 g/mol. The largest absolute Gasteiger partial charge is 0.465 e. The second-order valence-corrected chi connectivity index (χ2v) is 7.53. The second-order valence-electron chi connectivity index (χ2n) is 7.53. The van der Waals surface area contributed by atoms with Crippen LogP contribution in [0.2, 0.25) is 0 Å². The molecule has 0 saturated carbocycles. The molecule has 1 aromatic carbocycles. The molecule has 1 aliphatic heterocycles. The topological polar surface area (TPSA) is 102 Å². The van der Waals surface area contributed by atoms with Gasteiger partial charge in [-0.05, 0) is 48.9 Å². The lowest BCUT2D eigenvalue weighted by Crippen LogP contribution is -2.36. The molecular formula is C21H22N4O4. The van der Waals surface area contributed by atoms with E-state index in [0.29, 0.717) is 25.6 Å². The molecule has 3 heterocycles. The number of nitro benzene ring substituents is 1. The van der Waals surface area contributed by atoms with Gasteiger partial charge in [-0.3, -0.25) is 15.1 Å². The summed E-state index contributed by atoms with van der Waals surface area (Å²) in [5.41, 5.74) is 3.99. The zero-order chi connectivity index (χ0) is 20.5. The SMILES string of the molecule is Cc1cc([N+](=O)[O-])cc2ccn(Cc3ccc(C4CCN(C(=O)O)CC4)cn3)c12. The summed E-state index contributed by atoms with van der Waals surface area (Å²) in [6.45, 7) is 3.58. The average molecular weight is 394 g/mol. The molecule has 1 fully saturated rings. The first-order chi connectivity index (χ1) is 13.9. The summed E-state index contributed by atoms with van der Waals surface area (Å²) < 4.78 is 2.06. The Morgan fingerprint density at radius 3 is 2.66 bits per heavy atom. The molecule has 4 rings (SSSR count).